The van der Waals surface area contributed by atoms with Gasteiger partial charge in [0.15, 0.2) is 28.5 Å². The minimum absolute atomic E-state index is 0.0653. The van der Waals surface area contributed by atoms with Crippen LogP contribution in [0.15, 0.2) is 30.3 Å². The minimum atomic E-state index is -1.35. The maximum absolute atomic E-state index is 15.1. The van der Waals surface area contributed by atoms with Crippen molar-refractivity contribution < 1.29 is 38.4 Å². The normalized spacial score (nSPS) is 29.8. The van der Waals surface area contributed by atoms with Crippen LogP contribution in [0.1, 0.15) is 74.5 Å². The van der Waals surface area contributed by atoms with E-state index in [0.29, 0.717) is 30.1 Å². The van der Waals surface area contributed by atoms with Crippen LogP contribution >= 0.6 is 11.8 Å². The van der Waals surface area contributed by atoms with Crippen LogP contribution in [0.25, 0.3) is 10.9 Å². The first-order chi connectivity index (χ1) is 27.5. The van der Waals surface area contributed by atoms with Crippen LogP contribution in [0.2, 0.25) is 0 Å². The standard InChI is InChI=1S/C43H45N5O8S/c1-19-11-23-12-28-29(14-44)48-30-16-54-42(51)43(41-26(13-24(46-43)15-53-22(4)49)25-9-7-8-10-27(25)45-41)17-57-40(31-20(2)21(3)38-39(33(30)31)56-18-55-38)35(48)34(47(28)5)32(23)36(50)37(19)52-6/h7-11,24,28-30,34-35,40,45-46,50H,12-13,15-18H2,1-6H3/t24-,28-,29-,30-,34+,35+,40+,43+/m0/s1. The smallest absolute Gasteiger partial charge is 0.333 e. The van der Waals surface area contributed by atoms with Gasteiger partial charge >= 0.3 is 11.9 Å². The van der Waals surface area contributed by atoms with Crippen LogP contribution in [0.5, 0.6) is 23.0 Å². The molecule has 0 aliphatic carbocycles. The predicted octanol–water partition coefficient (Wildman–Crippen LogP) is 5.07. The van der Waals surface area contributed by atoms with Gasteiger partial charge in [-0.3, -0.25) is 19.9 Å². The summed E-state index contributed by atoms with van der Waals surface area (Å²) in [6.45, 7) is 7.57. The summed E-state index contributed by atoms with van der Waals surface area (Å²) in [7, 11) is 3.63. The average Bonchev–Trinajstić information content (AvgIpc) is 3.83. The number of H-pyrrole nitrogens is 1. The Kier molecular flexibility index (Phi) is 8.33. The first-order valence-corrected chi connectivity index (χ1v) is 20.5. The molecule has 2 saturated heterocycles. The topological polar surface area (TPSA) is 159 Å². The number of hydrogen-bond donors (Lipinski definition) is 3. The molecule has 4 bridgehead atoms. The number of aromatic nitrogens is 1. The van der Waals surface area contributed by atoms with E-state index in [1.165, 1.54) is 6.92 Å². The fourth-order valence-corrected chi connectivity index (χ4v) is 12.8. The van der Waals surface area contributed by atoms with Gasteiger partial charge < -0.3 is 33.8 Å². The first kappa shape index (κ1) is 36.4. The maximum Gasteiger partial charge on any atom is 0.333 e. The number of ether oxygens (including phenoxy) is 5. The fraction of sp³-hybridized carbons (Fsp3) is 0.465. The molecule has 296 valence electrons. The third-order valence-corrected chi connectivity index (χ3v) is 15.0. The molecule has 3 aromatic carbocycles. The minimum Gasteiger partial charge on any atom is -0.504 e. The van der Waals surface area contributed by atoms with Crippen molar-refractivity contribution in [2.24, 2.45) is 0 Å². The molecule has 8 atom stereocenters. The molecule has 14 heteroatoms. The monoisotopic (exact) mass is 791 g/mol. The van der Waals surface area contributed by atoms with Gasteiger partial charge in [-0.15, -0.1) is 11.8 Å². The Balaban J connectivity index is 1.21. The molecule has 13 nitrogen and oxygen atoms in total. The van der Waals surface area contributed by atoms with Gasteiger partial charge in [0.1, 0.15) is 19.3 Å². The molecule has 0 saturated carbocycles. The zero-order valence-corrected chi connectivity index (χ0v) is 33.5. The highest BCUT2D eigenvalue weighted by Crippen LogP contribution is 2.63. The first-order valence-electron chi connectivity index (χ1n) is 19.5. The molecular formula is C43H45N5O8S. The highest BCUT2D eigenvalue weighted by Gasteiger charge is 2.61. The number of benzene rings is 3. The molecule has 2 fully saturated rings. The number of carbonyl (C=O) groups is 2. The lowest BCUT2D eigenvalue weighted by molar-refractivity contribution is -0.158. The van der Waals surface area contributed by atoms with Crippen LogP contribution in [-0.2, 0) is 37.4 Å². The summed E-state index contributed by atoms with van der Waals surface area (Å²) in [4.78, 5) is 35.4. The van der Waals surface area contributed by atoms with E-state index in [-0.39, 0.29) is 60.9 Å². The molecule has 1 spiro atoms. The van der Waals surface area contributed by atoms with E-state index in [4.69, 9.17) is 23.7 Å². The number of carbonyl (C=O) groups excluding carboxylic acids is 2. The molecule has 57 heavy (non-hydrogen) atoms. The van der Waals surface area contributed by atoms with Crippen molar-refractivity contribution >= 4 is 34.6 Å². The molecule has 0 unspecified atom stereocenters. The number of methoxy groups -OCH3 is 1. The number of aryl methyl sites for hydroxylation is 1. The van der Waals surface area contributed by atoms with E-state index in [1.807, 2.05) is 25.1 Å². The average molecular weight is 792 g/mol. The second kappa shape index (κ2) is 13.0. The van der Waals surface area contributed by atoms with Gasteiger partial charge in [-0.05, 0) is 80.1 Å². The number of piperazine rings is 1. The third kappa shape index (κ3) is 4.98. The SMILES string of the molecule is COc1c(C)cc2c(c1O)[C@@H]1[C@@H]3[C@@H]4SC[C@]5(N[C@H](COC(C)=O)Cc6c5[nH]c5ccccc65)C(=O)OC[C@@H](c5c6c(c(C)c(C)c54)OCO6)N3[C@@H](C#N)[C@H](C2)N1C. The number of thioether (sulfide) groups is 1. The lowest BCUT2D eigenvalue weighted by atomic mass is 9.71. The molecule has 7 aliphatic heterocycles. The van der Waals surface area contributed by atoms with Crippen molar-refractivity contribution in [2.45, 2.75) is 87.6 Å². The summed E-state index contributed by atoms with van der Waals surface area (Å²) in [5, 5.41) is 27.6. The molecule has 8 heterocycles. The maximum atomic E-state index is 15.1. The number of likely N-dealkylation sites (N-methyl/N-ethyl adjacent to an activating group) is 1. The molecule has 3 N–H and O–H groups in total. The van der Waals surface area contributed by atoms with Gasteiger partial charge in [-0.25, -0.2) is 4.79 Å². The number of aromatic hydroxyl groups is 1. The zero-order valence-electron chi connectivity index (χ0n) is 32.7. The summed E-state index contributed by atoms with van der Waals surface area (Å²) in [6, 6.07) is 10.3. The second-order valence-electron chi connectivity index (χ2n) is 16.3. The summed E-state index contributed by atoms with van der Waals surface area (Å²) in [5.41, 5.74) is 7.88. The summed E-state index contributed by atoms with van der Waals surface area (Å²) in [5.74, 6) is 1.24. The van der Waals surface area contributed by atoms with Gasteiger partial charge in [0.25, 0.3) is 0 Å². The number of nitrogens with zero attached hydrogens (tertiary/aromatic N) is 3. The van der Waals surface area contributed by atoms with Crippen molar-refractivity contribution in [3.05, 3.63) is 80.5 Å². The van der Waals surface area contributed by atoms with Crippen LogP contribution < -0.4 is 19.5 Å². The van der Waals surface area contributed by atoms with Crippen molar-refractivity contribution in [2.75, 3.05) is 39.9 Å². The van der Waals surface area contributed by atoms with Gasteiger partial charge in [-0.1, -0.05) is 24.3 Å². The fourth-order valence-electron chi connectivity index (χ4n) is 11.0. The Bertz CT molecular complexity index is 2440. The molecule has 7 aliphatic rings. The van der Waals surface area contributed by atoms with Gasteiger partial charge in [-0.2, -0.15) is 5.26 Å². The molecule has 11 rings (SSSR count). The number of phenolic OH excluding ortho intramolecular Hbond substituents is 1. The molecule has 1 aromatic heterocycles. The number of hydrogen-bond acceptors (Lipinski definition) is 13. The van der Waals surface area contributed by atoms with Gasteiger partial charge in [0.05, 0.1) is 31.0 Å². The Labute approximate surface area is 334 Å². The Morgan fingerprint density at radius 2 is 1.89 bits per heavy atom. The van der Waals surface area contributed by atoms with E-state index < -0.39 is 29.6 Å². The van der Waals surface area contributed by atoms with E-state index in [1.54, 1.807) is 18.9 Å². The third-order valence-electron chi connectivity index (χ3n) is 13.5. The van der Waals surface area contributed by atoms with Crippen molar-refractivity contribution in [1.82, 2.24) is 20.1 Å². The van der Waals surface area contributed by atoms with Crippen LogP contribution in [0.3, 0.4) is 0 Å². The number of para-hydroxylation sites is 1. The van der Waals surface area contributed by atoms with Gasteiger partial charge in [0, 0.05) is 58.1 Å². The number of esters is 2. The van der Waals surface area contributed by atoms with Gasteiger partial charge in [0.2, 0.25) is 6.79 Å². The zero-order chi connectivity index (χ0) is 39.7. The van der Waals surface area contributed by atoms with Crippen LogP contribution in [0.4, 0.5) is 0 Å². The molecule has 4 aromatic rings. The lowest BCUT2D eigenvalue weighted by Gasteiger charge is -2.62. The molecule has 0 amide bonds. The van der Waals surface area contributed by atoms with E-state index in [9.17, 15) is 15.2 Å². The summed E-state index contributed by atoms with van der Waals surface area (Å²) >= 11 is 1.64. The number of rotatable bonds is 3. The largest absolute Gasteiger partial charge is 0.504 e. The highest BCUT2D eigenvalue weighted by molar-refractivity contribution is 7.99. The summed E-state index contributed by atoms with van der Waals surface area (Å²) in [6.07, 6.45) is 1.08. The number of aromatic amines is 1. The van der Waals surface area contributed by atoms with Crippen LogP contribution in [0, 0.1) is 32.1 Å². The molecular weight excluding hydrogens is 747 g/mol. The quantitative estimate of drug-likeness (QED) is 0.237. The van der Waals surface area contributed by atoms with Crippen LogP contribution in [-0.4, -0.2) is 95.9 Å². The highest BCUT2D eigenvalue weighted by atomic mass is 32.2. The van der Waals surface area contributed by atoms with Crippen molar-refractivity contribution in [3.8, 4) is 29.1 Å². The number of nitrogens with one attached hydrogen (secondary N) is 2. The second-order valence-corrected chi connectivity index (χ2v) is 17.4. The van der Waals surface area contributed by atoms with E-state index in [2.05, 4.69) is 59.2 Å². The number of phenols is 1. The van der Waals surface area contributed by atoms with Crippen molar-refractivity contribution in [3.63, 3.8) is 0 Å². The summed E-state index contributed by atoms with van der Waals surface area (Å²) < 4.78 is 30.4. The van der Waals surface area contributed by atoms with E-state index in [0.717, 1.165) is 61.1 Å². The van der Waals surface area contributed by atoms with Crippen molar-refractivity contribution in [1.29, 1.82) is 5.26 Å². The molecule has 0 radical (unpaired) electrons. The Morgan fingerprint density at radius 1 is 1.11 bits per heavy atom. The number of fused-ring (bicyclic) bond motifs is 11. The number of nitriles is 1. The predicted molar refractivity (Wildman–Crippen MR) is 211 cm³/mol. The Morgan fingerprint density at radius 3 is 2.67 bits per heavy atom. The van der Waals surface area contributed by atoms with E-state index >= 15 is 4.79 Å². The lowest BCUT2D eigenvalue weighted by Crippen LogP contribution is -2.69. The Hall–Kier alpha value is -4.94.